The molecule has 2 nitrogen and oxygen atoms in total. The summed E-state index contributed by atoms with van der Waals surface area (Å²) in [5, 5.41) is -0.225. The molecule has 0 spiro atoms. The molecule has 0 aliphatic rings. The molecule has 0 radical (unpaired) electrons. The number of nitrogens with zero attached hydrogens (tertiary/aromatic N) is 1. The molecule has 88 valence electrons. The predicted octanol–water partition coefficient (Wildman–Crippen LogP) is 3.00. The summed E-state index contributed by atoms with van der Waals surface area (Å²) in [6.45, 7) is 0. The summed E-state index contributed by atoms with van der Waals surface area (Å²) in [5.41, 5.74) is -0.218. The lowest BCUT2D eigenvalue weighted by atomic mass is 10.3. The number of hydrogen-bond acceptors (Lipinski definition) is 1. The number of rotatable bonds is 1. The first-order valence-electron chi connectivity index (χ1n) is 4.03. The quantitative estimate of drug-likeness (QED) is 0.707. The van der Waals surface area contributed by atoms with Gasteiger partial charge in [-0.05, 0) is 18.2 Å². The lowest BCUT2D eigenvalue weighted by Crippen LogP contribution is -2.38. The monoisotopic (exact) mass is 255 g/mol. The molecule has 1 aromatic rings. The first-order valence-corrected chi connectivity index (χ1v) is 4.41. The Labute approximate surface area is 93.4 Å². The zero-order valence-corrected chi connectivity index (χ0v) is 8.73. The molecule has 0 aliphatic carbocycles. The first-order chi connectivity index (χ1) is 7.23. The zero-order chi connectivity index (χ0) is 12.5. The van der Waals surface area contributed by atoms with Crippen LogP contribution in [0, 0.1) is 5.82 Å². The van der Waals surface area contributed by atoms with Crippen molar-refractivity contribution < 1.29 is 22.4 Å². The van der Waals surface area contributed by atoms with Gasteiger partial charge in [-0.2, -0.15) is 13.2 Å². The Kier molecular flexibility index (Phi) is 3.42. The number of benzene rings is 1. The second-order valence-electron chi connectivity index (χ2n) is 2.96. The Morgan fingerprint density at radius 3 is 2.38 bits per heavy atom. The van der Waals surface area contributed by atoms with E-state index in [4.69, 9.17) is 11.6 Å². The van der Waals surface area contributed by atoms with E-state index in [1.807, 2.05) is 0 Å². The third-order valence-electron chi connectivity index (χ3n) is 1.84. The van der Waals surface area contributed by atoms with Gasteiger partial charge in [-0.1, -0.05) is 11.6 Å². The maximum Gasteiger partial charge on any atom is 0.471 e. The molecule has 0 heterocycles. The molecular weight excluding hydrogens is 250 g/mol. The SMILES string of the molecule is CN(C(=O)C(F)(F)F)c1ccc(Cl)c(F)c1. The number of carbonyl (C=O) groups is 1. The minimum Gasteiger partial charge on any atom is -0.308 e. The largest absolute Gasteiger partial charge is 0.471 e. The van der Waals surface area contributed by atoms with Gasteiger partial charge in [0, 0.05) is 12.7 Å². The Morgan fingerprint density at radius 2 is 1.94 bits per heavy atom. The van der Waals surface area contributed by atoms with E-state index < -0.39 is 17.9 Å². The molecule has 0 bridgehead atoms. The topological polar surface area (TPSA) is 20.3 Å². The van der Waals surface area contributed by atoms with E-state index in [-0.39, 0.29) is 10.7 Å². The van der Waals surface area contributed by atoms with Crippen molar-refractivity contribution in [2.45, 2.75) is 6.18 Å². The van der Waals surface area contributed by atoms with Crippen LogP contribution in [0.4, 0.5) is 23.2 Å². The van der Waals surface area contributed by atoms with E-state index >= 15 is 0 Å². The van der Waals surface area contributed by atoms with Gasteiger partial charge in [0.25, 0.3) is 0 Å². The van der Waals surface area contributed by atoms with Gasteiger partial charge in [-0.3, -0.25) is 4.79 Å². The summed E-state index contributed by atoms with van der Waals surface area (Å²) in [5.74, 6) is -2.96. The van der Waals surface area contributed by atoms with Crippen LogP contribution in [0.15, 0.2) is 18.2 Å². The fourth-order valence-electron chi connectivity index (χ4n) is 1.00. The molecule has 0 aliphatic heterocycles. The molecule has 0 saturated heterocycles. The Hall–Kier alpha value is -1.30. The van der Waals surface area contributed by atoms with Crippen LogP contribution in [-0.4, -0.2) is 19.1 Å². The summed E-state index contributed by atoms with van der Waals surface area (Å²) in [4.78, 5) is 11.1. The Morgan fingerprint density at radius 1 is 1.38 bits per heavy atom. The Bertz CT molecular complexity index is 418. The number of hydrogen-bond donors (Lipinski definition) is 0. The number of anilines is 1. The van der Waals surface area contributed by atoms with Crippen LogP contribution in [-0.2, 0) is 4.79 Å². The number of halogens is 5. The number of amides is 1. The number of alkyl halides is 3. The molecule has 0 atom stereocenters. The van der Waals surface area contributed by atoms with Crippen LogP contribution < -0.4 is 4.90 Å². The van der Waals surface area contributed by atoms with Crippen molar-refractivity contribution in [2.24, 2.45) is 0 Å². The van der Waals surface area contributed by atoms with E-state index in [9.17, 15) is 22.4 Å². The van der Waals surface area contributed by atoms with Crippen LogP contribution in [0.3, 0.4) is 0 Å². The number of carbonyl (C=O) groups excluding carboxylic acids is 1. The molecule has 16 heavy (non-hydrogen) atoms. The third-order valence-corrected chi connectivity index (χ3v) is 2.14. The molecule has 1 amide bonds. The second-order valence-corrected chi connectivity index (χ2v) is 3.37. The van der Waals surface area contributed by atoms with Crippen molar-refractivity contribution in [1.29, 1.82) is 0 Å². The van der Waals surface area contributed by atoms with Gasteiger partial charge in [0.2, 0.25) is 0 Å². The fourth-order valence-corrected chi connectivity index (χ4v) is 1.12. The zero-order valence-electron chi connectivity index (χ0n) is 7.98. The molecule has 0 fully saturated rings. The van der Waals surface area contributed by atoms with E-state index in [0.29, 0.717) is 4.90 Å². The van der Waals surface area contributed by atoms with Gasteiger partial charge in [0.05, 0.1) is 5.02 Å². The van der Waals surface area contributed by atoms with Gasteiger partial charge >= 0.3 is 12.1 Å². The van der Waals surface area contributed by atoms with Gasteiger partial charge in [0.1, 0.15) is 5.82 Å². The van der Waals surface area contributed by atoms with Crippen molar-refractivity contribution >= 4 is 23.2 Å². The molecule has 1 rings (SSSR count). The van der Waals surface area contributed by atoms with Crippen molar-refractivity contribution in [3.8, 4) is 0 Å². The molecular formula is C9H6ClF4NO. The standard InChI is InChI=1S/C9H6ClF4NO/c1-15(8(16)9(12,13)14)5-2-3-6(10)7(11)4-5/h2-4H,1H3. The minimum atomic E-state index is -5.00. The van der Waals surface area contributed by atoms with E-state index in [0.717, 1.165) is 25.2 Å². The van der Waals surface area contributed by atoms with E-state index in [1.165, 1.54) is 0 Å². The summed E-state index contributed by atoms with van der Waals surface area (Å²) in [6, 6.07) is 2.95. The molecule has 0 N–H and O–H groups in total. The summed E-state index contributed by atoms with van der Waals surface area (Å²) < 4.78 is 49.1. The molecule has 1 aromatic carbocycles. The van der Waals surface area contributed by atoms with Crippen molar-refractivity contribution in [3.05, 3.63) is 29.0 Å². The van der Waals surface area contributed by atoms with Gasteiger partial charge in [-0.25, -0.2) is 4.39 Å². The van der Waals surface area contributed by atoms with Crippen molar-refractivity contribution in [1.82, 2.24) is 0 Å². The third kappa shape index (κ3) is 2.63. The highest BCUT2D eigenvalue weighted by molar-refractivity contribution is 6.30. The van der Waals surface area contributed by atoms with Gasteiger partial charge in [-0.15, -0.1) is 0 Å². The van der Waals surface area contributed by atoms with Crippen LogP contribution in [0.25, 0.3) is 0 Å². The highest BCUT2D eigenvalue weighted by Gasteiger charge is 2.41. The summed E-state index contributed by atoms with van der Waals surface area (Å²) >= 11 is 5.35. The van der Waals surface area contributed by atoms with Gasteiger partial charge in [0.15, 0.2) is 0 Å². The maximum absolute atomic E-state index is 12.9. The van der Waals surface area contributed by atoms with E-state index in [1.54, 1.807) is 0 Å². The highest BCUT2D eigenvalue weighted by atomic mass is 35.5. The molecule has 7 heteroatoms. The van der Waals surface area contributed by atoms with Gasteiger partial charge < -0.3 is 4.90 Å². The average Bonchev–Trinajstić information content (AvgIpc) is 2.18. The van der Waals surface area contributed by atoms with Crippen LogP contribution in [0.5, 0.6) is 0 Å². The second kappa shape index (κ2) is 4.29. The lowest BCUT2D eigenvalue weighted by Gasteiger charge is -2.18. The fraction of sp³-hybridized carbons (Fsp3) is 0.222. The highest BCUT2D eigenvalue weighted by Crippen LogP contribution is 2.25. The predicted molar refractivity (Wildman–Crippen MR) is 50.9 cm³/mol. The van der Waals surface area contributed by atoms with Crippen LogP contribution in [0.2, 0.25) is 5.02 Å². The molecule has 0 aromatic heterocycles. The normalized spacial score (nSPS) is 11.4. The molecule has 0 unspecified atom stereocenters. The van der Waals surface area contributed by atoms with Crippen LogP contribution in [0.1, 0.15) is 0 Å². The first kappa shape index (κ1) is 12.8. The van der Waals surface area contributed by atoms with E-state index in [2.05, 4.69) is 0 Å². The summed E-state index contributed by atoms with van der Waals surface area (Å²) in [7, 11) is 0.901. The lowest BCUT2D eigenvalue weighted by molar-refractivity contribution is -0.170. The smallest absolute Gasteiger partial charge is 0.308 e. The minimum absolute atomic E-state index is 0.218. The Balaban J connectivity index is 3.01. The van der Waals surface area contributed by atoms with Crippen LogP contribution >= 0.6 is 11.6 Å². The van der Waals surface area contributed by atoms with Crippen molar-refractivity contribution in [3.63, 3.8) is 0 Å². The van der Waals surface area contributed by atoms with Crippen molar-refractivity contribution in [2.75, 3.05) is 11.9 Å². The maximum atomic E-state index is 12.9. The average molecular weight is 256 g/mol. The molecule has 0 saturated carbocycles. The summed E-state index contributed by atoms with van der Waals surface area (Å²) in [6.07, 6.45) is -5.00.